The van der Waals surface area contributed by atoms with Crippen molar-refractivity contribution in [1.29, 1.82) is 0 Å². The van der Waals surface area contributed by atoms with Crippen molar-refractivity contribution in [3.05, 3.63) is 52.2 Å². The van der Waals surface area contributed by atoms with Crippen LogP contribution in [0.2, 0.25) is 0 Å². The Kier molecular flexibility index (Phi) is 4.05. The van der Waals surface area contributed by atoms with Crippen LogP contribution >= 0.6 is 11.3 Å². The number of carbonyl (C=O) groups excluding carboxylic acids is 1. The highest BCUT2D eigenvalue weighted by molar-refractivity contribution is 7.10. The smallest absolute Gasteiger partial charge is 0.229 e. The third-order valence-electron chi connectivity index (χ3n) is 2.95. The standard InChI is InChI=1S/C16H19NOS/c1-16(2,3)12-6-8-13(9-7-12)17-15(18)11-14-5-4-10-19-14/h4-10H,11H2,1-3H3,(H,17,18). The summed E-state index contributed by atoms with van der Waals surface area (Å²) in [6.07, 6.45) is 0.443. The maximum atomic E-state index is 11.9. The Hall–Kier alpha value is -1.61. The molecule has 19 heavy (non-hydrogen) atoms. The van der Waals surface area contributed by atoms with Crippen molar-refractivity contribution in [2.45, 2.75) is 32.6 Å². The molecule has 1 N–H and O–H groups in total. The van der Waals surface area contributed by atoms with E-state index in [2.05, 4.69) is 38.2 Å². The van der Waals surface area contributed by atoms with Gasteiger partial charge in [-0.2, -0.15) is 0 Å². The fourth-order valence-electron chi connectivity index (χ4n) is 1.83. The molecule has 1 amide bonds. The Labute approximate surface area is 118 Å². The summed E-state index contributed by atoms with van der Waals surface area (Å²) in [5.41, 5.74) is 2.26. The highest BCUT2D eigenvalue weighted by atomic mass is 32.1. The second-order valence-corrected chi connectivity index (χ2v) is 6.66. The van der Waals surface area contributed by atoms with E-state index < -0.39 is 0 Å². The van der Waals surface area contributed by atoms with E-state index in [4.69, 9.17) is 0 Å². The molecular weight excluding hydrogens is 254 g/mol. The van der Waals surface area contributed by atoms with Crippen molar-refractivity contribution >= 4 is 22.9 Å². The van der Waals surface area contributed by atoms with Crippen molar-refractivity contribution in [2.24, 2.45) is 0 Å². The van der Waals surface area contributed by atoms with Crippen molar-refractivity contribution < 1.29 is 4.79 Å². The van der Waals surface area contributed by atoms with Gasteiger partial charge in [-0.25, -0.2) is 0 Å². The molecule has 2 rings (SSSR count). The van der Waals surface area contributed by atoms with E-state index in [0.717, 1.165) is 10.6 Å². The van der Waals surface area contributed by atoms with E-state index in [1.165, 1.54) is 5.56 Å². The number of amides is 1. The van der Waals surface area contributed by atoms with Gasteiger partial charge in [0, 0.05) is 10.6 Å². The van der Waals surface area contributed by atoms with Gasteiger partial charge in [-0.15, -0.1) is 11.3 Å². The molecule has 1 aromatic carbocycles. The third kappa shape index (κ3) is 3.93. The number of rotatable bonds is 3. The summed E-state index contributed by atoms with van der Waals surface area (Å²) in [6, 6.07) is 12.0. The summed E-state index contributed by atoms with van der Waals surface area (Å²) in [4.78, 5) is 12.9. The molecule has 2 aromatic rings. The monoisotopic (exact) mass is 273 g/mol. The van der Waals surface area contributed by atoms with Gasteiger partial charge in [0.15, 0.2) is 0 Å². The molecule has 0 fully saturated rings. The molecule has 0 aliphatic heterocycles. The summed E-state index contributed by atoms with van der Waals surface area (Å²) in [7, 11) is 0. The molecule has 0 aliphatic carbocycles. The molecule has 0 bridgehead atoms. The van der Waals surface area contributed by atoms with Gasteiger partial charge in [0.2, 0.25) is 5.91 Å². The fourth-order valence-corrected chi connectivity index (χ4v) is 2.53. The molecule has 1 aromatic heterocycles. The number of carbonyl (C=O) groups is 1. The van der Waals surface area contributed by atoms with Gasteiger partial charge in [-0.1, -0.05) is 39.0 Å². The predicted molar refractivity (Wildman–Crippen MR) is 81.8 cm³/mol. The highest BCUT2D eigenvalue weighted by Crippen LogP contribution is 2.23. The Morgan fingerprint density at radius 1 is 1.16 bits per heavy atom. The van der Waals surface area contributed by atoms with E-state index in [1.54, 1.807) is 11.3 Å². The number of anilines is 1. The highest BCUT2D eigenvalue weighted by Gasteiger charge is 2.13. The van der Waals surface area contributed by atoms with Crippen LogP contribution < -0.4 is 5.32 Å². The molecule has 3 heteroatoms. The molecule has 0 spiro atoms. The first-order chi connectivity index (χ1) is 8.95. The summed E-state index contributed by atoms with van der Waals surface area (Å²) < 4.78 is 0. The molecular formula is C16H19NOS. The van der Waals surface area contributed by atoms with E-state index in [-0.39, 0.29) is 11.3 Å². The van der Waals surface area contributed by atoms with Gasteiger partial charge in [0.1, 0.15) is 0 Å². The molecule has 0 saturated heterocycles. The average molecular weight is 273 g/mol. The minimum Gasteiger partial charge on any atom is -0.326 e. The molecule has 100 valence electrons. The topological polar surface area (TPSA) is 29.1 Å². The van der Waals surface area contributed by atoms with E-state index in [9.17, 15) is 4.79 Å². The lowest BCUT2D eigenvalue weighted by Crippen LogP contribution is -2.14. The van der Waals surface area contributed by atoms with Crippen LogP contribution in [0.3, 0.4) is 0 Å². The van der Waals surface area contributed by atoms with E-state index >= 15 is 0 Å². The third-order valence-corrected chi connectivity index (χ3v) is 3.83. The van der Waals surface area contributed by atoms with Crippen LogP contribution in [0.5, 0.6) is 0 Å². The zero-order valence-electron chi connectivity index (χ0n) is 11.6. The van der Waals surface area contributed by atoms with Crippen molar-refractivity contribution in [2.75, 3.05) is 5.32 Å². The molecule has 0 radical (unpaired) electrons. The fraction of sp³-hybridized carbons (Fsp3) is 0.312. The largest absolute Gasteiger partial charge is 0.326 e. The van der Waals surface area contributed by atoms with Crippen LogP contribution in [0.1, 0.15) is 31.2 Å². The van der Waals surface area contributed by atoms with Gasteiger partial charge in [0.05, 0.1) is 6.42 Å². The van der Waals surface area contributed by atoms with Crippen molar-refractivity contribution in [1.82, 2.24) is 0 Å². The lowest BCUT2D eigenvalue weighted by atomic mass is 9.87. The summed E-state index contributed by atoms with van der Waals surface area (Å²) in [5, 5.41) is 4.91. The lowest BCUT2D eigenvalue weighted by Gasteiger charge is -2.19. The lowest BCUT2D eigenvalue weighted by molar-refractivity contribution is -0.115. The SMILES string of the molecule is CC(C)(C)c1ccc(NC(=O)Cc2cccs2)cc1. The van der Waals surface area contributed by atoms with Crippen LogP contribution in [0.25, 0.3) is 0 Å². The summed E-state index contributed by atoms with van der Waals surface area (Å²) in [5.74, 6) is 0.0333. The first-order valence-electron chi connectivity index (χ1n) is 6.38. The molecule has 1 heterocycles. The van der Waals surface area contributed by atoms with Gasteiger partial charge in [-0.3, -0.25) is 4.79 Å². The predicted octanol–water partition coefficient (Wildman–Crippen LogP) is 4.23. The maximum absolute atomic E-state index is 11.9. The average Bonchev–Trinajstić information content (AvgIpc) is 2.81. The Morgan fingerprint density at radius 2 is 1.84 bits per heavy atom. The second-order valence-electron chi connectivity index (χ2n) is 5.63. The van der Waals surface area contributed by atoms with Crippen molar-refractivity contribution in [3.63, 3.8) is 0 Å². The summed E-state index contributed by atoms with van der Waals surface area (Å²) >= 11 is 1.61. The van der Waals surface area contributed by atoms with Crippen LogP contribution in [0, 0.1) is 0 Å². The van der Waals surface area contributed by atoms with Crippen molar-refractivity contribution in [3.8, 4) is 0 Å². The maximum Gasteiger partial charge on any atom is 0.229 e. The zero-order chi connectivity index (χ0) is 13.9. The van der Waals surface area contributed by atoms with Crippen LogP contribution in [-0.2, 0) is 16.6 Å². The Balaban J connectivity index is 1.98. The number of hydrogen-bond donors (Lipinski definition) is 1. The Bertz CT molecular complexity index is 535. The minimum absolute atomic E-state index is 0.0333. The minimum atomic E-state index is 0.0333. The molecule has 0 aliphatic rings. The van der Waals surface area contributed by atoms with Gasteiger partial charge in [-0.05, 0) is 34.6 Å². The number of thiophene rings is 1. The first kappa shape index (κ1) is 13.8. The van der Waals surface area contributed by atoms with Crippen LogP contribution in [0.15, 0.2) is 41.8 Å². The van der Waals surface area contributed by atoms with Gasteiger partial charge < -0.3 is 5.32 Å². The zero-order valence-corrected chi connectivity index (χ0v) is 12.4. The molecule has 0 unspecified atom stereocenters. The normalized spacial score (nSPS) is 11.3. The Morgan fingerprint density at radius 3 is 2.37 bits per heavy atom. The van der Waals surface area contributed by atoms with Gasteiger partial charge >= 0.3 is 0 Å². The van der Waals surface area contributed by atoms with Crippen LogP contribution in [0.4, 0.5) is 5.69 Å². The second kappa shape index (κ2) is 5.57. The number of hydrogen-bond acceptors (Lipinski definition) is 2. The first-order valence-corrected chi connectivity index (χ1v) is 7.26. The molecule has 0 saturated carbocycles. The number of nitrogens with one attached hydrogen (secondary N) is 1. The summed E-state index contributed by atoms with van der Waals surface area (Å²) in [6.45, 7) is 6.53. The number of benzene rings is 1. The molecule has 2 nitrogen and oxygen atoms in total. The van der Waals surface area contributed by atoms with E-state index in [1.807, 2.05) is 29.6 Å². The molecule has 0 atom stereocenters. The van der Waals surface area contributed by atoms with Gasteiger partial charge in [0.25, 0.3) is 0 Å². The quantitative estimate of drug-likeness (QED) is 0.891. The van der Waals surface area contributed by atoms with Crippen LogP contribution in [-0.4, -0.2) is 5.91 Å². The van der Waals surface area contributed by atoms with E-state index in [0.29, 0.717) is 6.42 Å².